The number of thiophene rings is 1. The summed E-state index contributed by atoms with van der Waals surface area (Å²) in [4.78, 5) is 27.2. The first-order chi connectivity index (χ1) is 14.1. The lowest BCUT2D eigenvalue weighted by atomic mass is 10.3. The molecule has 0 bridgehead atoms. The summed E-state index contributed by atoms with van der Waals surface area (Å²) >= 11 is 8.53. The van der Waals surface area contributed by atoms with Gasteiger partial charge in [0.1, 0.15) is 0 Å². The van der Waals surface area contributed by atoms with Crippen LogP contribution in [0.25, 0.3) is 6.08 Å². The van der Waals surface area contributed by atoms with Gasteiger partial charge >= 0.3 is 0 Å². The van der Waals surface area contributed by atoms with Crippen molar-refractivity contribution in [2.45, 2.75) is 0 Å². The molecule has 0 saturated heterocycles. The van der Waals surface area contributed by atoms with Crippen molar-refractivity contribution in [3.05, 3.63) is 86.9 Å². The fourth-order valence-electron chi connectivity index (χ4n) is 2.56. The molecule has 0 aliphatic carbocycles. The minimum Gasteiger partial charge on any atom is -0.320 e. The second-order valence-electron chi connectivity index (χ2n) is 5.94. The zero-order valence-corrected chi connectivity index (χ0v) is 17.3. The van der Waals surface area contributed by atoms with E-state index < -0.39 is 0 Å². The molecule has 0 saturated carbocycles. The van der Waals surface area contributed by atoms with Crippen LogP contribution < -0.4 is 10.3 Å². The second-order valence-corrected chi connectivity index (χ2v) is 8.39. The Morgan fingerprint density at radius 1 is 1.03 bits per heavy atom. The number of benzene rings is 2. The number of halogens is 1. The maximum absolute atomic E-state index is 13.0. The molecule has 0 radical (unpaired) electrons. The number of hydrogen-bond acceptors (Lipinski definition) is 5. The average molecular weight is 440 g/mol. The van der Waals surface area contributed by atoms with E-state index in [0.717, 1.165) is 16.6 Å². The highest BCUT2D eigenvalue weighted by Crippen LogP contribution is 2.33. The Labute approximate surface area is 180 Å². The fourth-order valence-corrected chi connectivity index (χ4v) is 4.25. The highest BCUT2D eigenvalue weighted by Gasteiger charge is 2.31. The Bertz CT molecular complexity index is 1090. The molecule has 5 nitrogen and oxygen atoms in total. The summed E-state index contributed by atoms with van der Waals surface area (Å²) < 4.78 is 0. The molecule has 3 aromatic rings. The minimum atomic E-state index is -0.384. The van der Waals surface area contributed by atoms with Crippen LogP contribution in [0.2, 0.25) is 5.02 Å². The van der Waals surface area contributed by atoms with Gasteiger partial charge in [-0.05, 0) is 53.9 Å². The number of para-hydroxylation sites is 1. The monoisotopic (exact) mass is 439 g/mol. The second kappa shape index (κ2) is 8.65. The molecule has 0 unspecified atom stereocenters. The Hall–Kier alpha value is -2.87. The van der Waals surface area contributed by atoms with E-state index in [1.54, 1.807) is 42.5 Å². The minimum absolute atomic E-state index is 0.172. The quantitative estimate of drug-likeness (QED) is 0.548. The molecule has 1 aromatic heterocycles. The van der Waals surface area contributed by atoms with E-state index in [9.17, 15) is 9.59 Å². The summed E-state index contributed by atoms with van der Waals surface area (Å²) in [5, 5.41) is 11.0. The number of nitrogens with zero attached hydrogens (tertiary/aromatic N) is 2. The first-order valence-electron chi connectivity index (χ1n) is 8.58. The molecule has 144 valence electrons. The van der Waals surface area contributed by atoms with Crippen molar-refractivity contribution < 1.29 is 9.59 Å². The summed E-state index contributed by atoms with van der Waals surface area (Å²) in [5.41, 5.74) is 1.18. The van der Waals surface area contributed by atoms with Gasteiger partial charge in [0.15, 0.2) is 5.04 Å². The zero-order valence-electron chi connectivity index (χ0n) is 14.9. The van der Waals surface area contributed by atoms with E-state index in [4.69, 9.17) is 11.6 Å². The zero-order chi connectivity index (χ0) is 20.2. The van der Waals surface area contributed by atoms with Crippen LogP contribution in [-0.4, -0.2) is 16.9 Å². The lowest BCUT2D eigenvalue weighted by molar-refractivity contribution is -0.114. The molecule has 4 rings (SSSR count). The summed E-state index contributed by atoms with van der Waals surface area (Å²) in [6, 6.07) is 19.6. The SMILES string of the molecule is O=C(Nc1ccccc1)C1=NN(c2ccc(Cl)cc2)C(=O)C(=Cc2cccs2)S1. The number of carbonyl (C=O) groups excluding carboxylic acids is 2. The number of nitrogens with one attached hydrogen (secondary N) is 1. The molecule has 8 heteroatoms. The molecule has 1 aliphatic heterocycles. The number of rotatable bonds is 4. The van der Waals surface area contributed by atoms with E-state index in [1.807, 2.05) is 35.7 Å². The van der Waals surface area contributed by atoms with E-state index in [2.05, 4.69) is 10.4 Å². The predicted octanol–water partition coefficient (Wildman–Crippen LogP) is 5.47. The average Bonchev–Trinajstić information content (AvgIpc) is 3.24. The first-order valence-corrected chi connectivity index (χ1v) is 10.7. The lowest BCUT2D eigenvalue weighted by Gasteiger charge is -2.24. The number of carbonyl (C=O) groups is 2. The van der Waals surface area contributed by atoms with Gasteiger partial charge in [0, 0.05) is 15.6 Å². The van der Waals surface area contributed by atoms with Gasteiger partial charge in [0.2, 0.25) is 0 Å². The number of hydrazone groups is 1. The van der Waals surface area contributed by atoms with Gasteiger partial charge in [0.25, 0.3) is 11.8 Å². The Kier molecular flexibility index (Phi) is 5.80. The van der Waals surface area contributed by atoms with Crippen LogP contribution in [0, 0.1) is 0 Å². The van der Waals surface area contributed by atoms with Gasteiger partial charge < -0.3 is 5.32 Å². The first kappa shape index (κ1) is 19.4. The number of amides is 2. The summed E-state index contributed by atoms with van der Waals surface area (Å²) in [6.07, 6.45) is 1.77. The van der Waals surface area contributed by atoms with Crippen LogP contribution in [0.4, 0.5) is 11.4 Å². The van der Waals surface area contributed by atoms with E-state index in [1.165, 1.54) is 16.3 Å². The van der Waals surface area contributed by atoms with Crippen LogP contribution in [-0.2, 0) is 9.59 Å². The van der Waals surface area contributed by atoms with Gasteiger partial charge in [-0.25, -0.2) is 0 Å². The molecular formula is C21H14ClN3O2S2. The molecule has 2 aromatic carbocycles. The number of anilines is 2. The molecule has 0 spiro atoms. The third-order valence-corrected chi connectivity index (χ3v) is 5.96. The number of thioether (sulfide) groups is 1. The van der Waals surface area contributed by atoms with Crippen LogP contribution in [0.5, 0.6) is 0 Å². The predicted molar refractivity (Wildman–Crippen MR) is 121 cm³/mol. The molecule has 29 heavy (non-hydrogen) atoms. The number of hydrogen-bond donors (Lipinski definition) is 1. The standard InChI is InChI=1S/C21H14ClN3O2S2/c22-14-8-10-16(11-9-14)25-21(27)18(13-17-7-4-12-28-17)29-20(24-25)19(26)23-15-5-2-1-3-6-15/h1-13H,(H,23,26). The van der Waals surface area contributed by atoms with E-state index in [-0.39, 0.29) is 16.9 Å². The van der Waals surface area contributed by atoms with Crippen LogP contribution in [0.1, 0.15) is 4.88 Å². The summed E-state index contributed by atoms with van der Waals surface area (Å²) in [7, 11) is 0. The molecule has 1 N–H and O–H groups in total. The topological polar surface area (TPSA) is 61.8 Å². The van der Waals surface area contributed by atoms with Crippen LogP contribution in [0.15, 0.2) is 82.1 Å². The molecular weight excluding hydrogens is 426 g/mol. The van der Waals surface area contributed by atoms with Gasteiger partial charge in [-0.15, -0.1) is 11.3 Å². The molecule has 2 amide bonds. The van der Waals surface area contributed by atoms with E-state index >= 15 is 0 Å². The summed E-state index contributed by atoms with van der Waals surface area (Å²) in [5.74, 6) is -0.688. The van der Waals surface area contributed by atoms with Crippen LogP contribution >= 0.6 is 34.7 Å². The van der Waals surface area contributed by atoms with Crippen molar-refractivity contribution in [2.75, 3.05) is 10.3 Å². The molecule has 0 fully saturated rings. The Balaban J connectivity index is 1.70. The van der Waals surface area contributed by atoms with Crippen molar-refractivity contribution in [1.29, 1.82) is 0 Å². The third kappa shape index (κ3) is 4.59. The molecule has 1 aliphatic rings. The highest BCUT2D eigenvalue weighted by atomic mass is 35.5. The van der Waals surface area contributed by atoms with Crippen molar-refractivity contribution in [2.24, 2.45) is 5.10 Å². The lowest BCUT2D eigenvalue weighted by Crippen LogP contribution is -2.35. The van der Waals surface area contributed by atoms with Crippen molar-refractivity contribution >= 4 is 69.0 Å². The Morgan fingerprint density at radius 3 is 2.48 bits per heavy atom. The van der Waals surface area contributed by atoms with Gasteiger partial charge in [-0.2, -0.15) is 10.1 Å². The van der Waals surface area contributed by atoms with Crippen molar-refractivity contribution in [3.63, 3.8) is 0 Å². The normalized spacial score (nSPS) is 15.3. The largest absolute Gasteiger partial charge is 0.320 e. The van der Waals surface area contributed by atoms with Gasteiger partial charge in [0.05, 0.1) is 10.6 Å². The highest BCUT2D eigenvalue weighted by molar-refractivity contribution is 8.19. The van der Waals surface area contributed by atoms with E-state index in [0.29, 0.717) is 21.3 Å². The fraction of sp³-hybridized carbons (Fsp3) is 0. The van der Waals surface area contributed by atoms with Crippen molar-refractivity contribution in [1.82, 2.24) is 0 Å². The summed E-state index contributed by atoms with van der Waals surface area (Å²) in [6.45, 7) is 0. The molecule has 0 atom stereocenters. The van der Waals surface area contributed by atoms with Gasteiger partial charge in [-0.3, -0.25) is 9.59 Å². The maximum Gasteiger partial charge on any atom is 0.285 e. The molecule has 2 heterocycles. The Morgan fingerprint density at radius 2 is 1.79 bits per heavy atom. The van der Waals surface area contributed by atoms with Gasteiger partial charge in [-0.1, -0.05) is 47.6 Å². The smallest absolute Gasteiger partial charge is 0.285 e. The van der Waals surface area contributed by atoms with Crippen molar-refractivity contribution in [3.8, 4) is 0 Å². The van der Waals surface area contributed by atoms with Crippen LogP contribution in [0.3, 0.4) is 0 Å². The third-order valence-electron chi connectivity index (χ3n) is 3.91. The maximum atomic E-state index is 13.0.